The Labute approximate surface area is 345 Å². The van der Waals surface area contributed by atoms with Crippen molar-refractivity contribution in [1.82, 2.24) is 0 Å². The number of nitrogens with zero attached hydrogens (tertiary/aromatic N) is 1. The molecule has 6 aliphatic rings. The van der Waals surface area contributed by atoms with Crippen LogP contribution in [0.25, 0.3) is 44.5 Å². The van der Waals surface area contributed by atoms with Crippen molar-refractivity contribution in [3.05, 3.63) is 246 Å². The van der Waals surface area contributed by atoms with E-state index in [9.17, 15) is 0 Å². The first-order valence-electron chi connectivity index (χ1n) is 21.2. The van der Waals surface area contributed by atoms with Crippen LogP contribution in [0.1, 0.15) is 45.2 Å². The third kappa shape index (κ3) is 4.10. The molecule has 0 amide bonds. The van der Waals surface area contributed by atoms with Gasteiger partial charge in [-0.05, 0) is 138 Å². The van der Waals surface area contributed by atoms with Gasteiger partial charge in [0, 0.05) is 28.4 Å². The molecule has 8 aromatic carbocycles. The first kappa shape index (κ1) is 32.0. The molecule has 0 aliphatic heterocycles. The molecule has 0 saturated heterocycles. The summed E-state index contributed by atoms with van der Waals surface area (Å²) in [7, 11) is 0. The van der Waals surface area contributed by atoms with Gasteiger partial charge in [0.2, 0.25) is 0 Å². The number of fused-ring (bicyclic) bond motifs is 16. The second kappa shape index (κ2) is 11.4. The van der Waals surface area contributed by atoms with Crippen molar-refractivity contribution in [2.45, 2.75) is 17.3 Å². The lowest BCUT2D eigenvalue weighted by atomic mass is 9.69. The number of allylic oxidation sites excluding steroid dienone is 4. The minimum Gasteiger partial charge on any atom is -0.310 e. The topological polar surface area (TPSA) is 3.24 Å². The van der Waals surface area contributed by atoms with Crippen LogP contribution in [-0.2, 0) is 5.41 Å². The fraction of sp³-hybridized carbons (Fsp3) is 0.103. The zero-order chi connectivity index (χ0) is 38.5. The highest BCUT2D eigenvalue weighted by Crippen LogP contribution is 2.91. The monoisotopic (exact) mass is 749 g/mol. The highest BCUT2D eigenvalue weighted by molar-refractivity contribution is 5.97. The van der Waals surface area contributed by atoms with Crippen LogP contribution in [0.5, 0.6) is 0 Å². The van der Waals surface area contributed by atoms with E-state index < -0.39 is 5.41 Å². The second-order valence-corrected chi connectivity index (χ2v) is 17.6. The smallest absolute Gasteiger partial charge is 0.0726 e. The van der Waals surface area contributed by atoms with E-state index in [-0.39, 0.29) is 0 Å². The summed E-state index contributed by atoms with van der Waals surface area (Å²) < 4.78 is 0. The molecule has 0 aromatic heterocycles. The summed E-state index contributed by atoms with van der Waals surface area (Å²) in [6.45, 7) is 0. The molecular weight excluding hydrogens is 711 g/mol. The van der Waals surface area contributed by atoms with Gasteiger partial charge >= 0.3 is 0 Å². The van der Waals surface area contributed by atoms with Gasteiger partial charge in [0.1, 0.15) is 0 Å². The number of rotatable bonds is 5. The molecule has 6 unspecified atom stereocenters. The molecule has 6 aliphatic carbocycles. The summed E-state index contributed by atoms with van der Waals surface area (Å²) in [6, 6.07) is 70.7. The lowest BCUT2D eigenvalue weighted by Crippen LogP contribution is -2.26. The van der Waals surface area contributed by atoms with Crippen molar-refractivity contribution < 1.29 is 0 Å². The Kier molecular flexibility index (Phi) is 6.17. The van der Waals surface area contributed by atoms with Crippen LogP contribution in [0.2, 0.25) is 0 Å². The van der Waals surface area contributed by atoms with E-state index >= 15 is 0 Å². The zero-order valence-corrected chi connectivity index (χ0v) is 32.5. The van der Waals surface area contributed by atoms with Crippen molar-refractivity contribution in [2.75, 3.05) is 4.90 Å². The number of benzene rings is 8. The summed E-state index contributed by atoms with van der Waals surface area (Å²) >= 11 is 0. The van der Waals surface area contributed by atoms with Crippen LogP contribution in [0.15, 0.2) is 212 Å². The van der Waals surface area contributed by atoms with E-state index in [0.29, 0.717) is 17.3 Å². The summed E-state index contributed by atoms with van der Waals surface area (Å²) in [4.78, 5) is 2.45. The maximum absolute atomic E-state index is 2.69. The molecule has 2 saturated carbocycles. The van der Waals surface area contributed by atoms with E-state index in [4.69, 9.17) is 0 Å². The standard InChI is InChI=1S/C58H39N/c1-3-11-36(12-4-1)38-19-24-41(25-20-38)59(42-26-21-39(22-27-42)37-13-5-2-6-14-37)43-28-29-46-44-15-7-9-17-50(44)58(53(46)33-43)51-18-10-8-16-45(51)48-34-47-40-23-30-52-56-55(49(47)35-54(48)58)57(52,56)32-31-40/h1-35,40,52,55-56H. The van der Waals surface area contributed by atoms with E-state index in [1.54, 1.807) is 5.56 Å². The molecule has 276 valence electrons. The van der Waals surface area contributed by atoms with E-state index in [2.05, 4.69) is 217 Å². The highest BCUT2D eigenvalue weighted by Gasteiger charge is 2.85. The van der Waals surface area contributed by atoms with Crippen LogP contribution < -0.4 is 4.90 Å². The maximum atomic E-state index is 2.69. The highest BCUT2D eigenvalue weighted by atomic mass is 15.1. The predicted molar refractivity (Wildman–Crippen MR) is 241 cm³/mol. The Morgan fingerprint density at radius 2 is 0.898 bits per heavy atom. The Balaban J connectivity index is 0.987. The molecule has 2 fully saturated rings. The third-order valence-corrected chi connectivity index (χ3v) is 15.0. The Bertz CT molecular complexity index is 3040. The SMILES string of the molecule is C1=CC2C3C4c5cc6c(cc5C1C=CC243)-c1ccccc1C61c2ccccc2-c2ccc(N(c3ccc(-c4ccccc4)cc3)c3ccc(-c4ccccc4)cc3)cc21. The van der Waals surface area contributed by atoms with E-state index in [1.807, 2.05) is 0 Å². The van der Waals surface area contributed by atoms with Gasteiger partial charge in [-0.2, -0.15) is 0 Å². The molecule has 59 heavy (non-hydrogen) atoms. The van der Waals surface area contributed by atoms with Gasteiger partial charge in [0.15, 0.2) is 0 Å². The normalized spacial score (nSPS) is 24.6. The van der Waals surface area contributed by atoms with Crippen LogP contribution in [0.4, 0.5) is 17.1 Å². The van der Waals surface area contributed by atoms with Gasteiger partial charge < -0.3 is 4.90 Å². The van der Waals surface area contributed by atoms with Gasteiger partial charge in [0.05, 0.1) is 5.41 Å². The van der Waals surface area contributed by atoms with Crippen LogP contribution in [0.3, 0.4) is 0 Å². The first-order chi connectivity index (χ1) is 29.2. The Morgan fingerprint density at radius 1 is 0.373 bits per heavy atom. The van der Waals surface area contributed by atoms with Crippen LogP contribution >= 0.6 is 0 Å². The molecule has 0 N–H and O–H groups in total. The predicted octanol–water partition coefficient (Wildman–Crippen LogP) is 14.4. The molecule has 6 atom stereocenters. The van der Waals surface area contributed by atoms with Gasteiger partial charge in [-0.25, -0.2) is 0 Å². The van der Waals surface area contributed by atoms with E-state index in [0.717, 1.165) is 28.9 Å². The maximum Gasteiger partial charge on any atom is 0.0726 e. The van der Waals surface area contributed by atoms with E-state index in [1.165, 1.54) is 72.3 Å². The van der Waals surface area contributed by atoms with Crippen molar-refractivity contribution in [3.63, 3.8) is 0 Å². The van der Waals surface area contributed by atoms with Gasteiger partial charge in [-0.1, -0.05) is 170 Å². The summed E-state index contributed by atoms with van der Waals surface area (Å²) in [6.07, 6.45) is 10.2. The summed E-state index contributed by atoms with van der Waals surface area (Å²) in [5.41, 5.74) is 22.4. The Morgan fingerprint density at radius 3 is 1.54 bits per heavy atom. The van der Waals surface area contributed by atoms with Gasteiger partial charge in [-0.3, -0.25) is 0 Å². The largest absolute Gasteiger partial charge is 0.310 e. The third-order valence-electron chi connectivity index (χ3n) is 15.0. The van der Waals surface area contributed by atoms with Crippen LogP contribution in [0, 0.1) is 17.3 Å². The number of anilines is 3. The molecular formula is C58H39N. The fourth-order valence-electron chi connectivity index (χ4n) is 12.3. The molecule has 2 spiro atoms. The summed E-state index contributed by atoms with van der Waals surface area (Å²) in [5.74, 6) is 2.47. The van der Waals surface area contributed by atoms with Gasteiger partial charge in [-0.15, -0.1) is 0 Å². The molecule has 14 rings (SSSR count). The first-order valence-corrected chi connectivity index (χ1v) is 21.2. The lowest BCUT2D eigenvalue weighted by Gasteiger charge is -2.33. The molecule has 2 bridgehead atoms. The summed E-state index contributed by atoms with van der Waals surface area (Å²) in [5, 5.41) is 0. The molecule has 1 heteroatoms. The van der Waals surface area contributed by atoms with Crippen molar-refractivity contribution >= 4 is 17.1 Å². The molecule has 8 aromatic rings. The zero-order valence-electron chi connectivity index (χ0n) is 32.5. The average Bonchev–Trinajstić information content (AvgIpc) is 4.11. The lowest BCUT2D eigenvalue weighted by molar-refractivity contribution is 0.581. The average molecular weight is 750 g/mol. The van der Waals surface area contributed by atoms with Crippen molar-refractivity contribution in [2.24, 2.45) is 17.3 Å². The van der Waals surface area contributed by atoms with Crippen LogP contribution in [-0.4, -0.2) is 0 Å². The minimum atomic E-state index is -0.427. The second-order valence-electron chi connectivity index (χ2n) is 17.6. The van der Waals surface area contributed by atoms with Crippen molar-refractivity contribution in [3.8, 4) is 44.5 Å². The van der Waals surface area contributed by atoms with Crippen molar-refractivity contribution in [1.29, 1.82) is 0 Å². The Hall–Kier alpha value is -6.96. The number of hydrogen-bond donors (Lipinski definition) is 0. The number of hydrogen-bond acceptors (Lipinski definition) is 1. The fourth-order valence-corrected chi connectivity index (χ4v) is 12.3. The molecule has 0 heterocycles. The van der Waals surface area contributed by atoms with Gasteiger partial charge in [0.25, 0.3) is 0 Å². The minimum absolute atomic E-state index is 0.347. The quantitative estimate of drug-likeness (QED) is 0.158. The molecule has 1 nitrogen and oxygen atoms in total. The molecule has 0 radical (unpaired) electrons.